The van der Waals surface area contributed by atoms with Gasteiger partial charge in [-0.25, -0.2) is 4.39 Å². The van der Waals surface area contributed by atoms with Crippen molar-refractivity contribution in [1.82, 2.24) is 5.32 Å². The van der Waals surface area contributed by atoms with E-state index in [1.54, 1.807) is 24.1 Å². The van der Waals surface area contributed by atoms with Crippen LogP contribution in [0.15, 0.2) is 72.8 Å². The summed E-state index contributed by atoms with van der Waals surface area (Å²) in [6, 6.07) is 20.9. The Morgan fingerprint density at radius 1 is 0.851 bits per heavy atom. The second-order valence-corrected chi connectivity index (χ2v) is 12.3. The minimum Gasteiger partial charge on any atom is -0.497 e. The van der Waals surface area contributed by atoms with E-state index in [0.29, 0.717) is 31.4 Å². The van der Waals surface area contributed by atoms with Crippen LogP contribution < -0.4 is 15.0 Å². The van der Waals surface area contributed by atoms with E-state index in [2.05, 4.69) is 5.32 Å². The first kappa shape index (κ1) is 35.6. The Balaban J connectivity index is 1.25. The average molecular weight is 647 g/mol. The molecule has 0 aliphatic carbocycles. The van der Waals surface area contributed by atoms with Gasteiger partial charge in [-0.3, -0.25) is 14.4 Å². The van der Waals surface area contributed by atoms with Gasteiger partial charge >= 0.3 is 5.97 Å². The lowest BCUT2D eigenvalue weighted by Crippen LogP contribution is -2.55. The first-order valence-corrected chi connectivity index (χ1v) is 16.7. The van der Waals surface area contributed by atoms with Crippen molar-refractivity contribution in [2.45, 2.75) is 95.7 Å². The van der Waals surface area contributed by atoms with E-state index in [9.17, 15) is 23.9 Å². The average Bonchev–Trinajstić information content (AvgIpc) is 3.07. The minimum absolute atomic E-state index is 0.0173. The number of benzene rings is 3. The summed E-state index contributed by atoms with van der Waals surface area (Å²) in [6.07, 6.45) is 8.68. The number of carboxylic acid groups (broad SMARTS) is 1. The smallest absolute Gasteiger partial charge is 0.303 e. The molecule has 0 spiro atoms. The van der Waals surface area contributed by atoms with Gasteiger partial charge in [0.2, 0.25) is 11.8 Å². The number of unbranched alkanes of at least 4 members (excludes halogenated alkanes) is 7. The molecule has 2 amide bonds. The number of ether oxygens (including phenoxy) is 1. The van der Waals surface area contributed by atoms with Gasteiger partial charge in [0.1, 0.15) is 11.6 Å². The number of methoxy groups -OCH3 is 1. The van der Waals surface area contributed by atoms with Crippen molar-refractivity contribution in [2.75, 3.05) is 12.0 Å². The van der Waals surface area contributed by atoms with Crippen LogP contribution in [0.1, 0.15) is 106 Å². The number of aliphatic carboxylic acids is 1. The number of aliphatic hydroxyl groups is 1. The number of aliphatic hydroxyl groups excluding tert-OH is 1. The van der Waals surface area contributed by atoms with E-state index in [1.807, 2.05) is 48.5 Å². The molecule has 3 N–H and O–H groups in total. The van der Waals surface area contributed by atoms with Crippen molar-refractivity contribution in [2.24, 2.45) is 5.92 Å². The summed E-state index contributed by atoms with van der Waals surface area (Å²) < 4.78 is 18.7. The van der Waals surface area contributed by atoms with Crippen LogP contribution >= 0.6 is 0 Å². The molecule has 1 saturated heterocycles. The zero-order chi connectivity index (χ0) is 33.6. The number of carbonyl (C=O) groups excluding carboxylic acids is 2. The summed E-state index contributed by atoms with van der Waals surface area (Å²) in [6.45, 7) is 0.412. The second-order valence-electron chi connectivity index (χ2n) is 12.3. The summed E-state index contributed by atoms with van der Waals surface area (Å²) in [5.41, 5.74) is 3.30. The van der Waals surface area contributed by atoms with Gasteiger partial charge in [0.25, 0.3) is 0 Å². The number of rotatable bonds is 20. The monoisotopic (exact) mass is 646 g/mol. The van der Waals surface area contributed by atoms with Crippen LogP contribution in [0.5, 0.6) is 5.75 Å². The van der Waals surface area contributed by atoms with Crippen molar-refractivity contribution in [3.05, 3.63) is 95.3 Å². The molecule has 8 nitrogen and oxygen atoms in total. The molecule has 3 aromatic rings. The van der Waals surface area contributed by atoms with Crippen LogP contribution in [0.4, 0.5) is 10.1 Å². The van der Waals surface area contributed by atoms with E-state index in [1.165, 1.54) is 12.1 Å². The SMILES string of the molecule is COc1ccc([C@@H]2[C@@H](CCC(O)c3ccc(F)cc3)C(=O)N2c2ccc(CNC(=O)CCCCCCCCCCC(=O)O)cc2)cc1. The molecular weight excluding hydrogens is 599 g/mol. The van der Waals surface area contributed by atoms with E-state index >= 15 is 0 Å². The van der Waals surface area contributed by atoms with E-state index in [4.69, 9.17) is 9.84 Å². The second kappa shape index (κ2) is 18.2. The fourth-order valence-corrected chi connectivity index (χ4v) is 6.18. The van der Waals surface area contributed by atoms with Crippen LogP contribution in [0.25, 0.3) is 0 Å². The summed E-state index contributed by atoms with van der Waals surface area (Å²) in [7, 11) is 1.61. The molecule has 3 atom stereocenters. The molecule has 0 saturated carbocycles. The lowest BCUT2D eigenvalue weighted by molar-refractivity contribution is -0.137. The molecule has 1 heterocycles. The predicted molar refractivity (Wildman–Crippen MR) is 179 cm³/mol. The maximum absolute atomic E-state index is 13.5. The number of anilines is 1. The maximum atomic E-state index is 13.5. The Morgan fingerprint density at radius 2 is 1.45 bits per heavy atom. The molecule has 4 rings (SSSR count). The Labute approximate surface area is 277 Å². The molecule has 252 valence electrons. The number of carboxylic acids is 1. The van der Waals surface area contributed by atoms with E-state index in [-0.39, 0.29) is 36.0 Å². The largest absolute Gasteiger partial charge is 0.497 e. The molecule has 3 aromatic carbocycles. The molecule has 1 aliphatic heterocycles. The molecule has 0 aromatic heterocycles. The number of hydrogen-bond acceptors (Lipinski definition) is 5. The lowest BCUT2D eigenvalue weighted by atomic mass is 9.78. The third-order valence-electron chi connectivity index (χ3n) is 8.93. The number of nitrogens with zero attached hydrogens (tertiary/aromatic N) is 1. The van der Waals surface area contributed by atoms with Gasteiger partial charge in [-0.1, -0.05) is 74.9 Å². The first-order chi connectivity index (χ1) is 22.8. The minimum atomic E-state index is -0.795. The van der Waals surface area contributed by atoms with Crippen LogP contribution in [-0.2, 0) is 20.9 Å². The number of nitrogens with one attached hydrogen (secondary N) is 1. The zero-order valence-corrected chi connectivity index (χ0v) is 27.2. The number of β-lactam (4-membered cyclic amide) rings is 1. The van der Waals surface area contributed by atoms with Gasteiger partial charge in [0, 0.05) is 25.1 Å². The third-order valence-corrected chi connectivity index (χ3v) is 8.93. The van der Waals surface area contributed by atoms with Crippen molar-refractivity contribution in [3.63, 3.8) is 0 Å². The highest BCUT2D eigenvalue weighted by atomic mass is 19.1. The van der Waals surface area contributed by atoms with Crippen LogP contribution in [0, 0.1) is 11.7 Å². The normalized spacial score (nSPS) is 16.4. The van der Waals surface area contributed by atoms with Gasteiger partial charge in [0.15, 0.2) is 0 Å². The van der Waals surface area contributed by atoms with E-state index < -0.39 is 12.1 Å². The van der Waals surface area contributed by atoms with Crippen molar-refractivity contribution in [1.29, 1.82) is 0 Å². The maximum Gasteiger partial charge on any atom is 0.303 e. The summed E-state index contributed by atoms with van der Waals surface area (Å²) in [5.74, 6) is -0.682. The standard InChI is InChI=1S/C38H47FN2O6/c1-47-32-22-16-29(17-23-32)37-33(24-25-34(42)28-14-18-30(39)19-15-28)38(46)41(37)31-20-12-27(13-21-31)26-40-35(43)10-8-6-4-2-3-5-7-9-11-36(44)45/h12-23,33-34,37,42H,2-11,24-26H2,1H3,(H,40,43)(H,44,45)/t33-,34?,37-/m1/s1. The number of amides is 2. The van der Waals surface area contributed by atoms with E-state index in [0.717, 1.165) is 73.9 Å². The number of carbonyl (C=O) groups is 3. The van der Waals surface area contributed by atoms with Gasteiger partial charge in [-0.15, -0.1) is 0 Å². The van der Waals surface area contributed by atoms with Crippen LogP contribution in [0.3, 0.4) is 0 Å². The van der Waals surface area contributed by atoms with Crippen molar-refractivity contribution < 1.29 is 33.7 Å². The molecule has 0 bridgehead atoms. The van der Waals surface area contributed by atoms with Crippen molar-refractivity contribution in [3.8, 4) is 5.75 Å². The Kier molecular flexibility index (Phi) is 13.8. The number of halogens is 1. The van der Waals surface area contributed by atoms with Gasteiger partial charge in [0.05, 0.1) is 25.2 Å². The molecule has 0 radical (unpaired) electrons. The van der Waals surface area contributed by atoms with Gasteiger partial charge < -0.3 is 25.2 Å². The summed E-state index contributed by atoms with van der Waals surface area (Å²) >= 11 is 0. The number of hydrogen-bond donors (Lipinski definition) is 3. The Hall–Kier alpha value is -4.24. The topological polar surface area (TPSA) is 116 Å². The molecule has 47 heavy (non-hydrogen) atoms. The summed E-state index contributed by atoms with van der Waals surface area (Å²) in [4.78, 5) is 38.2. The van der Waals surface area contributed by atoms with Crippen LogP contribution in [-0.4, -0.2) is 35.1 Å². The van der Waals surface area contributed by atoms with Crippen LogP contribution in [0.2, 0.25) is 0 Å². The first-order valence-electron chi connectivity index (χ1n) is 16.7. The highest BCUT2D eigenvalue weighted by Crippen LogP contribution is 2.46. The Bertz CT molecular complexity index is 1430. The molecule has 1 aliphatic rings. The van der Waals surface area contributed by atoms with Crippen molar-refractivity contribution >= 4 is 23.5 Å². The van der Waals surface area contributed by atoms with Gasteiger partial charge in [-0.2, -0.15) is 0 Å². The molecule has 9 heteroatoms. The summed E-state index contributed by atoms with van der Waals surface area (Å²) in [5, 5.41) is 22.4. The quantitative estimate of drug-likeness (QED) is 0.0858. The zero-order valence-electron chi connectivity index (χ0n) is 27.2. The fourth-order valence-electron chi connectivity index (χ4n) is 6.18. The third kappa shape index (κ3) is 10.6. The highest BCUT2D eigenvalue weighted by Gasteiger charge is 2.48. The van der Waals surface area contributed by atoms with Gasteiger partial charge in [-0.05, 0) is 78.8 Å². The fraction of sp³-hybridized carbons (Fsp3) is 0.447. The predicted octanol–water partition coefficient (Wildman–Crippen LogP) is 7.65. The molecular formula is C38H47FN2O6. The highest BCUT2D eigenvalue weighted by molar-refractivity contribution is 6.03. The lowest BCUT2D eigenvalue weighted by Gasteiger charge is -2.48. The Morgan fingerprint density at radius 3 is 2.04 bits per heavy atom. The molecule has 1 unspecified atom stereocenters. The molecule has 1 fully saturated rings.